The molecule has 0 fully saturated rings. The van der Waals surface area contributed by atoms with E-state index in [9.17, 15) is 0 Å². The zero-order chi connectivity index (χ0) is 28.2. The van der Waals surface area contributed by atoms with Crippen molar-refractivity contribution in [3.63, 3.8) is 0 Å². The van der Waals surface area contributed by atoms with Gasteiger partial charge in [-0.15, -0.1) is 12.4 Å². The lowest BCUT2D eigenvalue weighted by molar-refractivity contribution is 0.348. The molecule has 0 radical (unpaired) electrons. The zero-order valence-corrected chi connectivity index (χ0v) is 22.7. The molecule has 0 aromatic heterocycles. The van der Waals surface area contributed by atoms with Gasteiger partial charge in [-0.1, -0.05) is 134 Å². The van der Waals surface area contributed by atoms with E-state index in [1.165, 1.54) is 44.5 Å². The summed E-state index contributed by atoms with van der Waals surface area (Å²) in [4.78, 5) is 1.64. The van der Waals surface area contributed by atoms with Crippen LogP contribution in [-0.2, 0) is 0 Å². The Balaban J connectivity index is 0.00000353. The Morgan fingerprint density at radius 3 is 1.13 bits per heavy atom. The predicted molar refractivity (Wildman–Crippen MR) is 172 cm³/mol. The third-order valence-corrected chi connectivity index (χ3v) is 7.38. The van der Waals surface area contributed by atoms with E-state index in [1.807, 2.05) is 0 Å². The molecule has 0 saturated carbocycles. The highest BCUT2D eigenvalue weighted by Crippen LogP contribution is 2.35. The Kier molecular flexibility index (Phi) is 7.26. The highest BCUT2D eigenvalue weighted by molar-refractivity contribution is 5.94. The predicted octanol–water partition coefficient (Wildman–Crippen LogP) is 9.35. The van der Waals surface area contributed by atoms with Crippen molar-refractivity contribution in [2.75, 3.05) is 20.1 Å². The van der Waals surface area contributed by atoms with Crippen LogP contribution in [0.3, 0.4) is 0 Å². The normalized spacial score (nSPS) is 14.3. The molecule has 4 aromatic rings. The molecular weight excluding hydrogens is 494 g/mol. The van der Waals surface area contributed by atoms with Gasteiger partial charge in [0.2, 0.25) is 0 Å². The Morgan fingerprint density at radius 1 is 0.513 bits per heavy atom. The van der Waals surface area contributed by atoms with Crippen molar-refractivity contribution in [1.82, 2.24) is 4.90 Å². The van der Waals surface area contributed by atoms with E-state index in [4.69, 9.17) is 4.11 Å². The minimum absolute atomic E-state index is 0. The minimum atomic E-state index is -2.17. The van der Waals surface area contributed by atoms with Crippen LogP contribution in [-0.4, -0.2) is 25.0 Å². The van der Waals surface area contributed by atoms with Gasteiger partial charge in [0, 0.05) is 17.2 Å². The van der Waals surface area contributed by atoms with Gasteiger partial charge in [0.1, 0.15) is 0 Å². The molecule has 0 bridgehead atoms. The summed E-state index contributed by atoms with van der Waals surface area (Å²) >= 11 is 0. The van der Waals surface area contributed by atoms with Gasteiger partial charge in [-0.3, -0.25) is 0 Å². The standard InChI is InChI=1S/C37H33N.ClH/c1-38(26-10-20-36-32-16-6-2-12-28(32)22-23-29-13-3-7-17-33(29)36)27-11-21-37-34-18-8-4-14-30(34)24-25-31-15-5-9-19-35(31)37;/h2-9,12-25H,10-11,26-27H2,1H3;1H/i1D3;. The first-order valence-electron chi connectivity index (χ1n) is 14.9. The summed E-state index contributed by atoms with van der Waals surface area (Å²) in [6.07, 6.45) is 14.4. The number of hydrogen-bond donors (Lipinski definition) is 0. The van der Waals surface area contributed by atoms with Crippen molar-refractivity contribution >= 4 is 47.9 Å². The Labute approximate surface area is 243 Å². The summed E-state index contributed by atoms with van der Waals surface area (Å²) in [7, 11) is 0. The van der Waals surface area contributed by atoms with Crippen LogP contribution < -0.4 is 0 Å². The molecule has 0 saturated heterocycles. The molecule has 4 aromatic carbocycles. The molecule has 2 heteroatoms. The molecule has 0 aliphatic heterocycles. The second kappa shape index (κ2) is 12.3. The molecule has 0 amide bonds. The van der Waals surface area contributed by atoms with Gasteiger partial charge >= 0.3 is 0 Å². The Hall–Kier alpha value is -3.91. The van der Waals surface area contributed by atoms with Crippen molar-refractivity contribution in [1.29, 1.82) is 0 Å². The molecule has 2 aliphatic carbocycles. The van der Waals surface area contributed by atoms with E-state index in [2.05, 4.69) is 134 Å². The van der Waals surface area contributed by atoms with Crippen LogP contribution in [0, 0.1) is 0 Å². The first kappa shape index (κ1) is 23.0. The summed E-state index contributed by atoms with van der Waals surface area (Å²) in [5, 5.41) is 0. The van der Waals surface area contributed by atoms with Crippen molar-refractivity contribution in [3.05, 3.63) is 154 Å². The van der Waals surface area contributed by atoms with E-state index < -0.39 is 6.98 Å². The van der Waals surface area contributed by atoms with Crippen LogP contribution in [0.25, 0.3) is 35.5 Å². The quantitative estimate of drug-likeness (QED) is 0.207. The number of halogens is 1. The first-order chi connectivity index (χ1) is 20.0. The highest BCUT2D eigenvalue weighted by Gasteiger charge is 2.15. The number of fused-ring (bicyclic) bond motifs is 4. The molecule has 0 spiro atoms. The van der Waals surface area contributed by atoms with Gasteiger partial charge < -0.3 is 4.90 Å². The fourth-order valence-corrected chi connectivity index (χ4v) is 5.48. The largest absolute Gasteiger partial charge is 0.306 e. The molecular formula is C37H34ClN. The van der Waals surface area contributed by atoms with Gasteiger partial charge in [-0.25, -0.2) is 0 Å². The maximum atomic E-state index is 8.27. The van der Waals surface area contributed by atoms with Gasteiger partial charge in [0.05, 0.1) is 0 Å². The van der Waals surface area contributed by atoms with Crippen LogP contribution in [0.5, 0.6) is 0 Å². The van der Waals surface area contributed by atoms with Crippen LogP contribution in [0.15, 0.2) is 109 Å². The van der Waals surface area contributed by atoms with E-state index in [-0.39, 0.29) is 12.4 Å². The van der Waals surface area contributed by atoms with Crippen molar-refractivity contribution < 1.29 is 4.11 Å². The lowest BCUT2D eigenvalue weighted by atomic mass is 9.92. The van der Waals surface area contributed by atoms with Gasteiger partial charge in [-0.2, -0.15) is 0 Å². The summed E-state index contributed by atoms with van der Waals surface area (Å²) in [5.74, 6) is 0. The van der Waals surface area contributed by atoms with E-state index >= 15 is 0 Å². The average molecular weight is 531 g/mol. The fourth-order valence-electron chi connectivity index (χ4n) is 5.48. The number of benzene rings is 4. The lowest BCUT2D eigenvalue weighted by Crippen LogP contribution is -2.20. The molecule has 1 nitrogen and oxygen atoms in total. The van der Waals surface area contributed by atoms with Crippen molar-refractivity contribution in [3.8, 4) is 0 Å². The topological polar surface area (TPSA) is 3.24 Å². The fraction of sp³-hybridized carbons (Fsp3) is 0.135. The van der Waals surface area contributed by atoms with Crippen LogP contribution in [0.2, 0.25) is 0 Å². The molecule has 194 valence electrons. The van der Waals surface area contributed by atoms with Crippen molar-refractivity contribution in [2.45, 2.75) is 12.8 Å². The number of rotatable bonds is 6. The third kappa shape index (κ3) is 5.76. The molecule has 0 atom stereocenters. The third-order valence-electron chi connectivity index (χ3n) is 7.38. The van der Waals surface area contributed by atoms with E-state index in [0.29, 0.717) is 25.9 Å². The summed E-state index contributed by atoms with van der Waals surface area (Å²) in [6.45, 7) is -1.26. The molecule has 2 aliphatic rings. The number of nitrogens with zero attached hydrogens (tertiary/aromatic N) is 1. The SMILES string of the molecule is Cl.[2H]C([2H])([2H])N(CCC=C1c2ccccc2C=Cc2ccccc21)CCC=C1c2ccccc2C=Cc2ccccc21. The molecule has 39 heavy (non-hydrogen) atoms. The van der Waals surface area contributed by atoms with E-state index in [0.717, 1.165) is 11.1 Å². The maximum absolute atomic E-state index is 8.27. The first-order valence-corrected chi connectivity index (χ1v) is 13.4. The smallest absolute Gasteiger partial charge is 0.0394 e. The van der Waals surface area contributed by atoms with Crippen LogP contribution in [0.4, 0.5) is 0 Å². The van der Waals surface area contributed by atoms with Gasteiger partial charge in [0.15, 0.2) is 0 Å². The lowest BCUT2D eigenvalue weighted by Gasteiger charge is -2.17. The molecule has 0 heterocycles. The maximum Gasteiger partial charge on any atom is 0.0394 e. The van der Waals surface area contributed by atoms with Crippen LogP contribution >= 0.6 is 12.4 Å². The second-order valence-electron chi connectivity index (χ2n) is 9.82. The molecule has 6 rings (SSSR count). The molecule has 0 N–H and O–H groups in total. The Bertz CT molecular complexity index is 1470. The van der Waals surface area contributed by atoms with Crippen molar-refractivity contribution in [2.24, 2.45) is 0 Å². The van der Waals surface area contributed by atoms with Gasteiger partial charge in [-0.05, 0) is 75.5 Å². The Morgan fingerprint density at radius 2 is 0.821 bits per heavy atom. The summed E-state index contributed by atoms with van der Waals surface area (Å²) in [6, 6.07) is 33.6. The monoisotopic (exact) mass is 530 g/mol. The zero-order valence-electron chi connectivity index (χ0n) is 24.9. The van der Waals surface area contributed by atoms with Crippen LogP contribution in [0.1, 0.15) is 61.5 Å². The second-order valence-corrected chi connectivity index (χ2v) is 9.82. The summed E-state index contributed by atoms with van der Waals surface area (Å²) in [5.41, 5.74) is 11.7. The average Bonchev–Trinajstić information content (AvgIpc) is 3.24. The van der Waals surface area contributed by atoms with Gasteiger partial charge in [0.25, 0.3) is 0 Å². The number of hydrogen-bond acceptors (Lipinski definition) is 1. The molecule has 0 unspecified atom stereocenters. The highest BCUT2D eigenvalue weighted by atomic mass is 35.5. The summed E-state index contributed by atoms with van der Waals surface area (Å²) < 4.78 is 24.8. The minimum Gasteiger partial charge on any atom is -0.306 e. The van der Waals surface area contributed by atoms with E-state index in [1.54, 1.807) is 4.90 Å².